The molecular formula is C27H23N5O2. The number of carbonyl (C=O) groups excluding carboxylic acids is 1. The maximum absolute atomic E-state index is 13.6. The van der Waals surface area contributed by atoms with Crippen LogP contribution < -0.4 is 5.56 Å². The lowest BCUT2D eigenvalue weighted by atomic mass is 10.1. The smallest absolute Gasteiger partial charge is 0.258 e. The molecule has 0 saturated carbocycles. The molecule has 0 saturated heterocycles. The van der Waals surface area contributed by atoms with Gasteiger partial charge in [-0.15, -0.1) is 0 Å². The van der Waals surface area contributed by atoms with Gasteiger partial charge >= 0.3 is 0 Å². The van der Waals surface area contributed by atoms with E-state index in [0.29, 0.717) is 28.8 Å². The molecule has 168 valence electrons. The molecule has 0 fully saturated rings. The van der Waals surface area contributed by atoms with Gasteiger partial charge in [-0.3, -0.25) is 9.59 Å². The molecule has 0 atom stereocenters. The van der Waals surface area contributed by atoms with Gasteiger partial charge < -0.3 is 9.88 Å². The molecular weight excluding hydrogens is 426 g/mol. The van der Waals surface area contributed by atoms with Gasteiger partial charge in [0.05, 0.1) is 23.1 Å². The molecule has 2 heterocycles. The first-order valence-electron chi connectivity index (χ1n) is 11.0. The topological polar surface area (TPSA) is 83.9 Å². The van der Waals surface area contributed by atoms with Crippen LogP contribution in [0.4, 0.5) is 0 Å². The van der Waals surface area contributed by atoms with Crippen molar-refractivity contribution in [2.24, 2.45) is 0 Å². The SMILES string of the molecule is Cc1ccnn1-c1ccc(C(=O)N(Cc2ccccc2)Cc2nc3ccccc3c(=O)[nH]2)cc1. The highest BCUT2D eigenvalue weighted by Crippen LogP contribution is 2.16. The molecule has 34 heavy (non-hydrogen) atoms. The Morgan fingerprint density at radius 2 is 1.65 bits per heavy atom. The zero-order valence-electron chi connectivity index (χ0n) is 18.7. The number of aromatic nitrogens is 4. The number of carbonyl (C=O) groups is 1. The summed E-state index contributed by atoms with van der Waals surface area (Å²) < 4.78 is 1.82. The summed E-state index contributed by atoms with van der Waals surface area (Å²) in [4.78, 5) is 35.2. The molecule has 3 aromatic carbocycles. The second-order valence-corrected chi connectivity index (χ2v) is 8.11. The van der Waals surface area contributed by atoms with E-state index in [4.69, 9.17) is 0 Å². The summed E-state index contributed by atoms with van der Waals surface area (Å²) in [5, 5.41) is 4.84. The molecule has 0 spiro atoms. The Bertz CT molecular complexity index is 1500. The van der Waals surface area contributed by atoms with Crippen LogP contribution in [0.25, 0.3) is 16.6 Å². The van der Waals surface area contributed by atoms with Crippen LogP contribution in [0.3, 0.4) is 0 Å². The zero-order valence-corrected chi connectivity index (χ0v) is 18.7. The highest BCUT2D eigenvalue weighted by atomic mass is 16.2. The minimum Gasteiger partial charge on any atom is -0.327 e. The van der Waals surface area contributed by atoms with Gasteiger partial charge in [0.2, 0.25) is 0 Å². The highest BCUT2D eigenvalue weighted by molar-refractivity contribution is 5.94. The second-order valence-electron chi connectivity index (χ2n) is 8.11. The number of amides is 1. The van der Waals surface area contributed by atoms with E-state index >= 15 is 0 Å². The normalized spacial score (nSPS) is 11.0. The van der Waals surface area contributed by atoms with Crippen LogP contribution in [-0.4, -0.2) is 30.6 Å². The first kappa shape index (κ1) is 21.3. The van der Waals surface area contributed by atoms with Crippen LogP contribution >= 0.6 is 0 Å². The molecule has 5 aromatic rings. The molecule has 0 unspecified atom stereocenters. The minimum absolute atomic E-state index is 0.150. The van der Waals surface area contributed by atoms with E-state index in [1.165, 1.54) is 0 Å². The fraction of sp³-hybridized carbons (Fsp3) is 0.111. The molecule has 2 aromatic heterocycles. The molecule has 1 amide bonds. The molecule has 0 radical (unpaired) electrons. The van der Waals surface area contributed by atoms with Crippen LogP contribution in [0.5, 0.6) is 0 Å². The Morgan fingerprint density at radius 3 is 2.38 bits per heavy atom. The number of hydrogen-bond acceptors (Lipinski definition) is 4. The van der Waals surface area contributed by atoms with Gasteiger partial charge in [0.15, 0.2) is 0 Å². The first-order valence-corrected chi connectivity index (χ1v) is 11.0. The molecule has 0 aliphatic carbocycles. The van der Waals surface area contributed by atoms with E-state index in [1.807, 2.05) is 66.2 Å². The van der Waals surface area contributed by atoms with Gasteiger partial charge in [-0.25, -0.2) is 9.67 Å². The Morgan fingerprint density at radius 1 is 0.912 bits per heavy atom. The molecule has 7 heteroatoms. The lowest BCUT2D eigenvalue weighted by Gasteiger charge is -2.23. The Kier molecular flexibility index (Phi) is 5.74. The maximum atomic E-state index is 13.6. The largest absolute Gasteiger partial charge is 0.327 e. The number of fused-ring (bicyclic) bond motifs is 1. The number of nitrogens with zero attached hydrogens (tertiary/aromatic N) is 4. The van der Waals surface area contributed by atoms with Crippen LogP contribution in [-0.2, 0) is 13.1 Å². The number of aryl methyl sites for hydroxylation is 1. The van der Waals surface area contributed by atoms with Gasteiger partial charge in [0, 0.05) is 24.0 Å². The standard InChI is InChI=1S/C27H23N5O2/c1-19-15-16-28-32(19)22-13-11-21(12-14-22)27(34)31(17-20-7-3-2-4-8-20)18-25-29-24-10-6-5-9-23(24)26(33)30-25/h2-16H,17-18H2,1H3,(H,29,30,33). The van der Waals surface area contributed by atoms with E-state index in [1.54, 1.807) is 41.4 Å². The third kappa shape index (κ3) is 4.36. The van der Waals surface area contributed by atoms with Gasteiger partial charge in [0.25, 0.3) is 11.5 Å². The van der Waals surface area contributed by atoms with Crippen molar-refractivity contribution in [1.82, 2.24) is 24.6 Å². The van der Waals surface area contributed by atoms with Crippen LogP contribution in [0.15, 0.2) is 95.9 Å². The molecule has 1 N–H and O–H groups in total. The fourth-order valence-electron chi connectivity index (χ4n) is 3.96. The maximum Gasteiger partial charge on any atom is 0.258 e. The van der Waals surface area contributed by atoms with Crippen molar-refractivity contribution in [3.8, 4) is 5.69 Å². The van der Waals surface area contributed by atoms with E-state index in [2.05, 4.69) is 15.1 Å². The number of aromatic amines is 1. The fourth-order valence-corrected chi connectivity index (χ4v) is 3.96. The van der Waals surface area contributed by atoms with Crippen molar-refractivity contribution in [1.29, 1.82) is 0 Å². The number of para-hydroxylation sites is 1. The minimum atomic E-state index is -0.216. The summed E-state index contributed by atoms with van der Waals surface area (Å²) >= 11 is 0. The summed E-state index contributed by atoms with van der Waals surface area (Å²) in [6.07, 6.45) is 1.74. The van der Waals surface area contributed by atoms with Crippen LogP contribution in [0, 0.1) is 6.92 Å². The van der Waals surface area contributed by atoms with Crippen molar-refractivity contribution in [3.05, 3.63) is 124 Å². The quantitative estimate of drug-likeness (QED) is 0.420. The number of H-pyrrole nitrogens is 1. The third-order valence-corrected chi connectivity index (χ3v) is 5.70. The van der Waals surface area contributed by atoms with Crippen molar-refractivity contribution in [3.63, 3.8) is 0 Å². The van der Waals surface area contributed by atoms with Crippen molar-refractivity contribution < 1.29 is 4.79 Å². The Labute approximate surface area is 196 Å². The summed E-state index contributed by atoms with van der Waals surface area (Å²) in [5.41, 5.74) is 3.82. The van der Waals surface area contributed by atoms with Gasteiger partial charge in [-0.1, -0.05) is 42.5 Å². The van der Waals surface area contributed by atoms with E-state index in [0.717, 1.165) is 16.9 Å². The average Bonchev–Trinajstić information content (AvgIpc) is 3.30. The number of rotatable bonds is 6. The lowest BCUT2D eigenvalue weighted by molar-refractivity contribution is 0.0725. The number of nitrogens with one attached hydrogen (secondary N) is 1. The Balaban J connectivity index is 1.46. The van der Waals surface area contributed by atoms with E-state index in [-0.39, 0.29) is 18.0 Å². The zero-order chi connectivity index (χ0) is 23.5. The second kappa shape index (κ2) is 9.15. The molecule has 0 aliphatic rings. The van der Waals surface area contributed by atoms with Crippen molar-refractivity contribution >= 4 is 16.8 Å². The molecule has 7 nitrogen and oxygen atoms in total. The number of benzene rings is 3. The summed E-state index contributed by atoms with van der Waals surface area (Å²) in [6.45, 7) is 2.54. The first-order chi connectivity index (χ1) is 16.6. The van der Waals surface area contributed by atoms with Crippen LogP contribution in [0.2, 0.25) is 0 Å². The van der Waals surface area contributed by atoms with Crippen molar-refractivity contribution in [2.75, 3.05) is 0 Å². The van der Waals surface area contributed by atoms with E-state index in [9.17, 15) is 9.59 Å². The lowest BCUT2D eigenvalue weighted by Crippen LogP contribution is -2.31. The molecule has 0 aliphatic heterocycles. The summed E-state index contributed by atoms with van der Waals surface area (Å²) in [5.74, 6) is 0.292. The van der Waals surface area contributed by atoms with E-state index < -0.39 is 0 Å². The monoisotopic (exact) mass is 449 g/mol. The Hall–Kier alpha value is -4.52. The third-order valence-electron chi connectivity index (χ3n) is 5.70. The molecule has 5 rings (SSSR count). The van der Waals surface area contributed by atoms with Gasteiger partial charge in [-0.05, 0) is 55.0 Å². The average molecular weight is 450 g/mol. The number of hydrogen-bond donors (Lipinski definition) is 1. The predicted octanol–water partition coefficient (Wildman–Crippen LogP) is 4.26. The predicted molar refractivity (Wildman–Crippen MR) is 131 cm³/mol. The highest BCUT2D eigenvalue weighted by Gasteiger charge is 2.19. The molecule has 0 bridgehead atoms. The van der Waals surface area contributed by atoms with Gasteiger partial charge in [-0.2, -0.15) is 5.10 Å². The van der Waals surface area contributed by atoms with Gasteiger partial charge in [0.1, 0.15) is 5.82 Å². The summed E-state index contributed by atoms with van der Waals surface area (Å²) in [6, 6.07) is 26.2. The van der Waals surface area contributed by atoms with Crippen LogP contribution in [0.1, 0.15) is 27.4 Å². The van der Waals surface area contributed by atoms with Crippen molar-refractivity contribution in [2.45, 2.75) is 20.0 Å². The summed E-state index contributed by atoms with van der Waals surface area (Å²) in [7, 11) is 0.